The maximum absolute atomic E-state index is 12.0. The lowest BCUT2D eigenvalue weighted by Gasteiger charge is -2.09. The van der Waals surface area contributed by atoms with E-state index in [-0.39, 0.29) is 5.56 Å². The molecule has 1 heterocycles. The fraction of sp³-hybridized carbons (Fsp3) is 0.357. The number of benzene rings is 1. The van der Waals surface area contributed by atoms with E-state index in [0.29, 0.717) is 29.4 Å². The highest BCUT2D eigenvalue weighted by Crippen LogP contribution is 2.38. The number of aromatic nitrogens is 2. The Bertz CT molecular complexity index is 818. The van der Waals surface area contributed by atoms with Crippen molar-refractivity contribution in [1.82, 2.24) is 9.55 Å². The molecule has 2 atom stereocenters. The number of carboxylic acids is 1. The number of aromatic amines is 1. The molecule has 104 valence electrons. The molecule has 0 radical (unpaired) electrons. The third-order valence-corrected chi connectivity index (χ3v) is 3.92. The SMILES string of the molecule is CC1CC1Cn1c(=O)c(=O)[nH]c2ccc(C(=O)O)cc21. The number of hydrogen-bond donors (Lipinski definition) is 2. The van der Waals surface area contributed by atoms with Crippen LogP contribution in [0.4, 0.5) is 0 Å². The summed E-state index contributed by atoms with van der Waals surface area (Å²) < 4.78 is 1.40. The molecule has 1 aromatic carbocycles. The Morgan fingerprint density at radius 1 is 1.45 bits per heavy atom. The fourth-order valence-electron chi connectivity index (χ4n) is 2.47. The zero-order chi connectivity index (χ0) is 14.4. The Morgan fingerprint density at radius 2 is 2.15 bits per heavy atom. The molecule has 1 aromatic heterocycles. The van der Waals surface area contributed by atoms with Crippen LogP contribution >= 0.6 is 0 Å². The van der Waals surface area contributed by atoms with Gasteiger partial charge in [0, 0.05) is 6.54 Å². The molecule has 1 saturated carbocycles. The van der Waals surface area contributed by atoms with Gasteiger partial charge in [-0.2, -0.15) is 0 Å². The number of nitrogens with one attached hydrogen (secondary N) is 1. The van der Waals surface area contributed by atoms with E-state index in [4.69, 9.17) is 5.11 Å². The highest BCUT2D eigenvalue weighted by molar-refractivity contribution is 5.92. The van der Waals surface area contributed by atoms with Gasteiger partial charge in [-0.3, -0.25) is 9.59 Å². The lowest BCUT2D eigenvalue weighted by molar-refractivity contribution is 0.0697. The van der Waals surface area contributed by atoms with Gasteiger partial charge in [0.05, 0.1) is 16.6 Å². The van der Waals surface area contributed by atoms with Crippen LogP contribution in [0.1, 0.15) is 23.7 Å². The third-order valence-electron chi connectivity index (χ3n) is 3.92. The molecule has 0 spiro atoms. The van der Waals surface area contributed by atoms with E-state index < -0.39 is 17.1 Å². The van der Waals surface area contributed by atoms with Gasteiger partial charge in [0.2, 0.25) is 0 Å². The van der Waals surface area contributed by atoms with Crippen LogP contribution in [-0.2, 0) is 6.54 Å². The largest absolute Gasteiger partial charge is 0.478 e. The lowest BCUT2D eigenvalue weighted by Crippen LogP contribution is -2.36. The molecular formula is C14H14N2O4. The Balaban J connectivity index is 2.24. The first kappa shape index (κ1) is 12.7. The summed E-state index contributed by atoms with van der Waals surface area (Å²) in [5.41, 5.74) is -0.254. The van der Waals surface area contributed by atoms with Crippen molar-refractivity contribution in [2.45, 2.75) is 19.9 Å². The number of hydrogen-bond acceptors (Lipinski definition) is 3. The van der Waals surface area contributed by atoms with Gasteiger partial charge < -0.3 is 14.7 Å². The van der Waals surface area contributed by atoms with Gasteiger partial charge in [0.15, 0.2) is 0 Å². The normalized spacial score (nSPS) is 21.1. The van der Waals surface area contributed by atoms with E-state index in [9.17, 15) is 14.4 Å². The monoisotopic (exact) mass is 274 g/mol. The van der Waals surface area contributed by atoms with E-state index in [0.717, 1.165) is 6.42 Å². The number of carbonyl (C=O) groups is 1. The van der Waals surface area contributed by atoms with E-state index in [1.165, 1.54) is 22.8 Å². The number of aromatic carboxylic acids is 1. The molecule has 0 amide bonds. The number of carboxylic acid groups (broad SMARTS) is 1. The molecule has 1 aliphatic rings. The van der Waals surface area contributed by atoms with Crippen LogP contribution < -0.4 is 11.1 Å². The molecule has 1 aliphatic carbocycles. The van der Waals surface area contributed by atoms with Crippen molar-refractivity contribution in [2.75, 3.05) is 0 Å². The Kier molecular flexibility index (Phi) is 2.74. The second-order valence-electron chi connectivity index (χ2n) is 5.38. The van der Waals surface area contributed by atoms with E-state index in [1.807, 2.05) is 0 Å². The first-order valence-electron chi connectivity index (χ1n) is 6.47. The maximum Gasteiger partial charge on any atom is 0.335 e. The Morgan fingerprint density at radius 3 is 2.75 bits per heavy atom. The molecule has 2 unspecified atom stereocenters. The molecule has 6 nitrogen and oxygen atoms in total. The molecule has 1 fully saturated rings. The number of rotatable bonds is 3. The van der Waals surface area contributed by atoms with Crippen LogP contribution in [0, 0.1) is 11.8 Å². The summed E-state index contributed by atoms with van der Waals surface area (Å²) in [5.74, 6) is -0.137. The topological polar surface area (TPSA) is 92.2 Å². The second-order valence-corrected chi connectivity index (χ2v) is 5.38. The van der Waals surface area contributed by atoms with Crippen LogP contribution in [0.15, 0.2) is 27.8 Å². The molecule has 0 bridgehead atoms. The first-order chi connectivity index (χ1) is 9.47. The second kappa shape index (κ2) is 4.33. The van der Waals surface area contributed by atoms with E-state index in [1.54, 1.807) is 0 Å². The van der Waals surface area contributed by atoms with Crippen LogP contribution in [0.5, 0.6) is 0 Å². The van der Waals surface area contributed by atoms with Gasteiger partial charge in [-0.1, -0.05) is 6.92 Å². The average Bonchev–Trinajstić information content (AvgIpc) is 3.10. The smallest absolute Gasteiger partial charge is 0.335 e. The van der Waals surface area contributed by atoms with E-state index in [2.05, 4.69) is 11.9 Å². The Hall–Kier alpha value is -2.37. The van der Waals surface area contributed by atoms with Crippen LogP contribution in [0.25, 0.3) is 11.0 Å². The van der Waals surface area contributed by atoms with Crippen LogP contribution in [0.3, 0.4) is 0 Å². The Labute approximate surface area is 113 Å². The van der Waals surface area contributed by atoms with Gasteiger partial charge in [-0.05, 0) is 36.5 Å². The van der Waals surface area contributed by atoms with Crippen LogP contribution in [0.2, 0.25) is 0 Å². The minimum absolute atomic E-state index is 0.0987. The van der Waals surface area contributed by atoms with E-state index >= 15 is 0 Å². The molecule has 0 saturated heterocycles. The zero-order valence-corrected chi connectivity index (χ0v) is 10.9. The van der Waals surface area contributed by atoms with Crippen molar-refractivity contribution in [3.8, 4) is 0 Å². The van der Waals surface area contributed by atoms with Crippen molar-refractivity contribution in [3.05, 3.63) is 44.5 Å². The molecule has 3 rings (SSSR count). The standard InChI is InChI=1S/C14H14N2O4/c1-7-4-9(7)6-16-11-5-8(14(19)20)2-3-10(11)15-12(17)13(16)18/h2-3,5,7,9H,4,6H2,1H3,(H,15,17)(H,19,20). The van der Waals surface area contributed by atoms with Crippen molar-refractivity contribution < 1.29 is 9.90 Å². The summed E-state index contributed by atoms with van der Waals surface area (Å²) >= 11 is 0. The average molecular weight is 274 g/mol. The predicted molar refractivity (Wildman–Crippen MR) is 73.1 cm³/mol. The fourth-order valence-corrected chi connectivity index (χ4v) is 2.47. The summed E-state index contributed by atoms with van der Waals surface area (Å²) in [6.07, 6.45) is 1.03. The van der Waals surface area contributed by atoms with Crippen molar-refractivity contribution in [2.24, 2.45) is 11.8 Å². The zero-order valence-electron chi connectivity index (χ0n) is 10.9. The summed E-state index contributed by atoms with van der Waals surface area (Å²) in [4.78, 5) is 37.2. The number of H-pyrrole nitrogens is 1. The predicted octanol–water partition coefficient (Wildman–Crippen LogP) is 1.04. The van der Waals surface area contributed by atoms with Gasteiger partial charge in [-0.25, -0.2) is 4.79 Å². The summed E-state index contributed by atoms with van der Waals surface area (Å²) in [6.45, 7) is 2.55. The van der Waals surface area contributed by atoms with Gasteiger partial charge >= 0.3 is 17.1 Å². The lowest BCUT2D eigenvalue weighted by atomic mass is 10.2. The first-order valence-corrected chi connectivity index (χ1v) is 6.47. The van der Waals surface area contributed by atoms with Crippen molar-refractivity contribution in [1.29, 1.82) is 0 Å². The van der Waals surface area contributed by atoms with Gasteiger partial charge in [0.25, 0.3) is 0 Å². The van der Waals surface area contributed by atoms with Crippen molar-refractivity contribution in [3.63, 3.8) is 0 Å². The number of fused-ring (bicyclic) bond motifs is 1. The highest BCUT2D eigenvalue weighted by Gasteiger charge is 2.33. The van der Waals surface area contributed by atoms with Crippen molar-refractivity contribution >= 4 is 17.0 Å². The number of nitrogens with zero attached hydrogens (tertiary/aromatic N) is 1. The minimum atomic E-state index is -1.06. The highest BCUT2D eigenvalue weighted by atomic mass is 16.4. The van der Waals surface area contributed by atoms with Gasteiger partial charge in [-0.15, -0.1) is 0 Å². The minimum Gasteiger partial charge on any atom is -0.478 e. The molecular weight excluding hydrogens is 260 g/mol. The summed E-state index contributed by atoms with van der Waals surface area (Å²) in [6, 6.07) is 4.36. The molecule has 2 N–H and O–H groups in total. The molecule has 2 aromatic rings. The summed E-state index contributed by atoms with van der Waals surface area (Å²) in [5, 5.41) is 9.04. The molecule has 6 heteroatoms. The molecule has 0 aliphatic heterocycles. The molecule has 20 heavy (non-hydrogen) atoms. The maximum atomic E-state index is 12.0. The van der Waals surface area contributed by atoms with Gasteiger partial charge in [0.1, 0.15) is 0 Å². The third kappa shape index (κ3) is 2.03. The quantitative estimate of drug-likeness (QED) is 0.818. The summed E-state index contributed by atoms with van der Waals surface area (Å²) in [7, 11) is 0. The van der Waals surface area contributed by atoms with Crippen LogP contribution in [-0.4, -0.2) is 20.6 Å².